The zero-order valence-electron chi connectivity index (χ0n) is 12.1. The standard InChI is InChI=1S/C17H21F2NO/c18-15-7-12(8-16(19)10-15)3-4-20-17(21)9-14-6-11-1-2-13(14)5-11/h7-8,10-11,13-14H,1-6,9H2,(H,20,21)/t11-,13-,14-/m0/s1. The van der Waals surface area contributed by atoms with Crippen molar-refractivity contribution in [1.29, 1.82) is 0 Å². The van der Waals surface area contributed by atoms with Crippen molar-refractivity contribution in [2.24, 2.45) is 17.8 Å². The molecule has 1 amide bonds. The molecular weight excluding hydrogens is 272 g/mol. The Morgan fingerprint density at radius 3 is 2.52 bits per heavy atom. The second kappa shape index (κ2) is 6.12. The van der Waals surface area contributed by atoms with Crippen LogP contribution in [0.4, 0.5) is 8.78 Å². The maximum Gasteiger partial charge on any atom is 0.220 e. The van der Waals surface area contributed by atoms with Gasteiger partial charge in [-0.15, -0.1) is 0 Å². The number of hydrogen-bond donors (Lipinski definition) is 1. The third-order valence-electron chi connectivity index (χ3n) is 4.99. The van der Waals surface area contributed by atoms with Gasteiger partial charge in [-0.05, 0) is 61.1 Å². The van der Waals surface area contributed by atoms with Crippen LogP contribution < -0.4 is 5.32 Å². The maximum absolute atomic E-state index is 13.0. The quantitative estimate of drug-likeness (QED) is 0.885. The van der Waals surface area contributed by atoms with Gasteiger partial charge in [0.05, 0.1) is 0 Å². The first-order valence-corrected chi connectivity index (χ1v) is 7.82. The van der Waals surface area contributed by atoms with Crippen LogP contribution >= 0.6 is 0 Å². The van der Waals surface area contributed by atoms with Crippen molar-refractivity contribution in [2.75, 3.05) is 6.54 Å². The minimum Gasteiger partial charge on any atom is -0.356 e. The Hall–Kier alpha value is -1.45. The lowest BCUT2D eigenvalue weighted by atomic mass is 9.86. The predicted octanol–water partition coefficient (Wildman–Crippen LogP) is 3.45. The first-order valence-electron chi connectivity index (χ1n) is 7.82. The molecule has 0 radical (unpaired) electrons. The van der Waals surface area contributed by atoms with Crippen molar-refractivity contribution in [3.63, 3.8) is 0 Å². The molecule has 2 nitrogen and oxygen atoms in total. The zero-order chi connectivity index (χ0) is 14.8. The van der Waals surface area contributed by atoms with E-state index < -0.39 is 11.6 Å². The maximum atomic E-state index is 13.0. The summed E-state index contributed by atoms with van der Waals surface area (Å²) in [7, 11) is 0. The summed E-state index contributed by atoms with van der Waals surface area (Å²) in [6.07, 6.45) is 6.20. The van der Waals surface area contributed by atoms with Crippen LogP contribution in [0.3, 0.4) is 0 Å². The van der Waals surface area contributed by atoms with Gasteiger partial charge in [0.15, 0.2) is 0 Å². The van der Waals surface area contributed by atoms with Crippen molar-refractivity contribution in [3.05, 3.63) is 35.4 Å². The number of halogens is 2. The molecule has 1 aromatic carbocycles. The van der Waals surface area contributed by atoms with E-state index in [1.165, 1.54) is 37.8 Å². The summed E-state index contributed by atoms with van der Waals surface area (Å²) in [5.74, 6) is 1.08. The van der Waals surface area contributed by atoms with Gasteiger partial charge in [0.2, 0.25) is 5.91 Å². The van der Waals surface area contributed by atoms with E-state index in [4.69, 9.17) is 0 Å². The highest BCUT2D eigenvalue weighted by atomic mass is 19.1. The predicted molar refractivity (Wildman–Crippen MR) is 76.6 cm³/mol. The fourth-order valence-electron chi connectivity index (χ4n) is 4.04. The topological polar surface area (TPSA) is 29.1 Å². The molecule has 2 aliphatic rings. The summed E-state index contributed by atoms with van der Waals surface area (Å²) in [6, 6.07) is 3.48. The Kier molecular flexibility index (Phi) is 4.22. The molecule has 2 fully saturated rings. The molecule has 1 N–H and O–H groups in total. The minimum absolute atomic E-state index is 0.0735. The van der Waals surface area contributed by atoms with E-state index in [1.54, 1.807) is 0 Å². The molecule has 3 rings (SSSR count). The van der Waals surface area contributed by atoms with Crippen LogP contribution in [0.5, 0.6) is 0 Å². The number of hydrogen-bond acceptors (Lipinski definition) is 1. The largest absolute Gasteiger partial charge is 0.356 e. The van der Waals surface area contributed by atoms with Crippen LogP contribution in [0.1, 0.15) is 37.7 Å². The first-order chi connectivity index (χ1) is 10.1. The van der Waals surface area contributed by atoms with Gasteiger partial charge in [-0.3, -0.25) is 4.79 Å². The van der Waals surface area contributed by atoms with Crippen LogP contribution in [0.25, 0.3) is 0 Å². The Balaban J connectivity index is 1.41. The highest BCUT2D eigenvalue weighted by Crippen LogP contribution is 2.49. The monoisotopic (exact) mass is 293 g/mol. The van der Waals surface area contributed by atoms with Crippen LogP contribution in [0, 0.1) is 29.4 Å². The molecule has 2 aliphatic carbocycles. The lowest BCUT2D eigenvalue weighted by Gasteiger charge is -2.20. The Labute approximate surface area is 123 Å². The van der Waals surface area contributed by atoms with E-state index in [2.05, 4.69) is 5.32 Å². The molecule has 0 saturated heterocycles. The van der Waals surface area contributed by atoms with Crippen molar-refractivity contribution in [3.8, 4) is 0 Å². The number of fused-ring (bicyclic) bond motifs is 2. The van der Waals surface area contributed by atoms with E-state index in [0.29, 0.717) is 30.9 Å². The average molecular weight is 293 g/mol. The summed E-state index contributed by atoms with van der Waals surface area (Å²) in [5.41, 5.74) is 0.577. The number of nitrogens with one attached hydrogen (secondary N) is 1. The van der Waals surface area contributed by atoms with E-state index in [0.717, 1.165) is 17.9 Å². The van der Waals surface area contributed by atoms with Gasteiger partial charge >= 0.3 is 0 Å². The summed E-state index contributed by atoms with van der Waals surface area (Å²) < 4.78 is 26.1. The molecule has 2 bridgehead atoms. The van der Waals surface area contributed by atoms with Gasteiger partial charge in [0.1, 0.15) is 11.6 Å². The fraction of sp³-hybridized carbons (Fsp3) is 0.588. The minimum atomic E-state index is -0.571. The van der Waals surface area contributed by atoms with Gasteiger partial charge in [-0.2, -0.15) is 0 Å². The molecule has 21 heavy (non-hydrogen) atoms. The number of carbonyl (C=O) groups excluding carboxylic acids is 1. The zero-order valence-corrected chi connectivity index (χ0v) is 12.1. The highest BCUT2D eigenvalue weighted by Gasteiger charge is 2.39. The lowest BCUT2D eigenvalue weighted by molar-refractivity contribution is -0.122. The third kappa shape index (κ3) is 3.60. The number of amides is 1. The Bertz CT molecular complexity index is 511. The summed E-state index contributed by atoms with van der Waals surface area (Å²) >= 11 is 0. The van der Waals surface area contributed by atoms with Gasteiger partial charge < -0.3 is 5.32 Å². The Morgan fingerprint density at radius 2 is 1.90 bits per heavy atom. The van der Waals surface area contributed by atoms with Crippen molar-refractivity contribution >= 4 is 5.91 Å². The smallest absolute Gasteiger partial charge is 0.220 e. The normalized spacial score (nSPS) is 27.0. The SMILES string of the molecule is O=C(C[C@@H]1C[C@H]2CC[C@H]1C2)NCCc1cc(F)cc(F)c1. The molecule has 0 aliphatic heterocycles. The van der Waals surface area contributed by atoms with Crippen LogP contribution in [0.15, 0.2) is 18.2 Å². The first kappa shape index (κ1) is 14.5. The summed E-state index contributed by atoms with van der Waals surface area (Å²) in [4.78, 5) is 11.9. The average Bonchev–Trinajstić information content (AvgIpc) is 2.99. The van der Waals surface area contributed by atoms with Crippen LogP contribution in [0.2, 0.25) is 0 Å². The molecule has 0 aromatic heterocycles. The van der Waals surface area contributed by atoms with Crippen molar-refractivity contribution in [2.45, 2.75) is 38.5 Å². The van der Waals surface area contributed by atoms with E-state index >= 15 is 0 Å². The van der Waals surface area contributed by atoms with Crippen molar-refractivity contribution in [1.82, 2.24) is 5.32 Å². The highest BCUT2D eigenvalue weighted by molar-refractivity contribution is 5.76. The Morgan fingerprint density at radius 1 is 1.14 bits per heavy atom. The van der Waals surface area contributed by atoms with Gasteiger partial charge in [0.25, 0.3) is 0 Å². The van der Waals surface area contributed by atoms with E-state index in [1.807, 2.05) is 0 Å². The molecular formula is C17H21F2NO. The molecule has 4 heteroatoms. The van der Waals surface area contributed by atoms with Crippen LogP contribution in [-0.4, -0.2) is 12.5 Å². The second-order valence-corrected chi connectivity index (χ2v) is 6.52. The van der Waals surface area contributed by atoms with Gasteiger partial charge in [-0.1, -0.05) is 6.42 Å². The number of benzene rings is 1. The fourth-order valence-corrected chi connectivity index (χ4v) is 4.04. The third-order valence-corrected chi connectivity index (χ3v) is 4.99. The molecule has 0 spiro atoms. The molecule has 1 aromatic rings. The number of rotatable bonds is 5. The van der Waals surface area contributed by atoms with Crippen LogP contribution in [-0.2, 0) is 11.2 Å². The van der Waals surface area contributed by atoms with E-state index in [-0.39, 0.29) is 5.91 Å². The van der Waals surface area contributed by atoms with E-state index in [9.17, 15) is 13.6 Å². The summed E-state index contributed by atoms with van der Waals surface area (Å²) in [5, 5.41) is 2.87. The number of carbonyl (C=O) groups is 1. The molecule has 0 heterocycles. The lowest BCUT2D eigenvalue weighted by Crippen LogP contribution is -2.29. The van der Waals surface area contributed by atoms with Crippen molar-refractivity contribution < 1.29 is 13.6 Å². The van der Waals surface area contributed by atoms with Gasteiger partial charge in [-0.25, -0.2) is 8.78 Å². The van der Waals surface area contributed by atoms with Gasteiger partial charge in [0, 0.05) is 19.0 Å². The second-order valence-electron chi connectivity index (χ2n) is 6.52. The molecule has 3 atom stereocenters. The molecule has 0 unspecified atom stereocenters. The summed E-state index contributed by atoms with van der Waals surface area (Å²) in [6.45, 7) is 0.433. The molecule has 2 saturated carbocycles. The molecule has 114 valence electrons.